The Kier molecular flexibility index (Phi) is 3.82. The van der Waals surface area contributed by atoms with Crippen LogP contribution in [0.2, 0.25) is 0 Å². The highest BCUT2D eigenvalue weighted by atomic mass is 32.1. The van der Waals surface area contributed by atoms with Crippen LogP contribution in [0, 0.1) is 11.3 Å². The monoisotopic (exact) mass is 313 g/mol. The van der Waals surface area contributed by atoms with Gasteiger partial charge in [0.2, 0.25) is 5.88 Å². The van der Waals surface area contributed by atoms with Crippen LogP contribution in [-0.4, -0.2) is 17.4 Å². The largest absolute Gasteiger partial charge is 0.480 e. The Morgan fingerprint density at radius 2 is 2.14 bits per heavy atom. The molecule has 5 nitrogen and oxygen atoms in total. The van der Waals surface area contributed by atoms with Crippen molar-refractivity contribution in [3.05, 3.63) is 46.3 Å². The Morgan fingerprint density at radius 3 is 2.64 bits per heavy atom. The minimum absolute atomic E-state index is 0.134. The zero-order chi connectivity index (χ0) is 15.6. The van der Waals surface area contributed by atoms with Crippen molar-refractivity contribution in [2.45, 2.75) is 24.8 Å². The van der Waals surface area contributed by atoms with E-state index in [1.807, 2.05) is 12.1 Å². The Bertz CT molecular complexity index is 727. The van der Waals surface area contributed by atoms with E-state index in [2.05, 4.69) is 15.8 Å². The zero-order valence-electron chi connectivity index (χ0n) is 12.1. The number of carbonyl (C=O) groups is 1. The van der Waals surface area contributed by atoms with Gasteiger partial charge in [0.25, 0.3) is 5.91 Å². The van der Waals surface area contributed by atoms with E-state index in [-0.39, 0.29) is 11.4 Å². The first kappa shape index (κ1) is 14.5. The molecule has 1 saturated carbocycles. The van der Waals surface area contributed by atoms with Gasteiger partial charge in [0.15, 0.2) is 0 Å². The minimum Gasteiger partial charge on any atom is -0.480 e. The lowest BCUT2D eigenvalue weighted by molar-refractivity contribution is 0.0827. The molecule has 2 aromatic rings. The number of carbonyl (C=O) groups excluding carboxylic acids is 1. The first-order chi connectivity index (χ1) is 10.7. The first-order valence-corrected chi connectivity index (χ1v) is 7.78. The molecule has 0 atom stereocenters. The predicted octanol–water partition coefficient (Wildman–Crippen LogP) is 2.83. The maximum absolute atomic E-state index is 12.4. The zero-order valence-corrected chi connectivity index (χ0v) is 12.9. The summed E-state index contributed by atoms with van der Waals surface area (Å²) in [5, 5.41) is 12.0. The van der Waals surface area contributed by atoms with Gasteiger partial charge >= 0.3 is 0 Å². The van der Waals surface area contributed by atoms with Gasteiger partial charge in [-0.05, 0) is 48.5 Å². The number of methoxy groups -OCH3 is 1. The predicted molar refractivity (Wildman–Crippen MR) is 82.8 cm³/mol. The van der Waals surface area contributed by atoms with Gasteiger partial charge in [0.1, 0.15) is 4.88 Å². The smallest absolute Gasteiger partial charge is 0.263 e. The van der Waals surface area contributed by atoms with E-state index in [9.17, 15) is 4.79 Å². The quantitative estimate of drug-likeness (QED) is 0.942. The lowest BCUT2D eigenvalue weighted by Gasteiger charge is -2.43. The summed E-state index contributed by atoms with van der Waals surface area (Å²) >= 11 is 1.13. The van der Waals surface area contributed by atoms with Crippen molar-refractivity contribution >= 4 is 17.4 Å². The number of hydrogen-bond acceptors (Lipinski definition) is 5. The van der Waals surface area contributed by atoms with Crippen molar-refractivity contribution in [3.63, 3.8) is 0 Å². The second-order valence-electron chi connectivity index (χ2n) is 5.31. The van der Waals surface area contributed by atoms with Crippen LogP contribution < -0.4 is 10.1 Å². The van der Waals surface area contributed by atoms with Crippen molar-refractivity contribution in [3.8, 4) is 11.9 Å². The van der Waals surface area contributed by atoms with Crippen LogP contribution in [0.1, 0.15) is 40.1 Å². The molecule has 1 heterocycles. The number of benzene rings is 1. The molecule has 6 heteroatoms. The summed E-state index contributed by atoms with van der Waals surface area (Å²) in [7, 11) is 1.53. The van der Waals surface area contributed by atoms with E-state index in [4.69, 9.17) is 10.00 Å². The number of nitriles is 1. The lowest BCUT2D eigenvalue weighted by atomic mass is 9.71. The average Bonchev–Trinajstić information content (AvgIpc) is 3.00. The van der Waals surface area contributed by atoms with Gasteiger partial charge in [-0.1, -0.05) is 12.1 Å². The molecule has 1 aromatic heterocycles. The summed E-state index contributed by atoms with van der Waals surface area (Å²) < 4.78 is 9.06. The minimum atomic E-state index is -0.331. The topological polar surface area (TPSA) is 75.0 Å². The Morgan fingerprint density at radius 1 is 1.41 bits per heavy atom. The highest BCUT2D eigenvalue weighted by Crippen LogP contribution is 2.41. The number of amides is 1. The molecular weight excluding hydrogens is 298 g/mol. The van der Waals surface area contributed by atoms with Crippen LogP contribution in [0.4, 0.5) is 0 Å². The molecule has 0 unspecified atom stereocenters. The van der Waals surface area contributed by atoms with Crippen molar-refractivity contribution in [2.24, 2.45) is 0 Å². The summed E-state index contributed by atoms with van der Waals surface area (Å²) in [6, 6.07) is 11.2. The molecule has 0 bridgehead atoms. The van der Waals surface area contributed by atoms with Crippen LogP contribution in [0.25, 0.3) is 0 Å². The molecule has 1 amide bonds. The van der Waals surface area contributed by atoms with Gasteiger partial charge in [-0.2, -0.15) is 9.64 Å². The Balaban J connectivity index is 1.81. The first-order valence-electron chi connectivity index (χ1n) is 7.01. The SMILES string of the molecule is COc1cc(C(=O)NC2(c3ccc(C#N)cc3)CCC2)sn1. The van der Waals surface area contributed by atoms with Crippen LogP contribution in [0.3, 0.4) is 0 Å². The molecule has 1 aliphatic carbocycles. The fraction of sp³-hybridized carbons (Fsp3) is 0.312. The molecule has 0 spiro atoms. The number of nitrogens with one attached hydrogen (secondary N) is 1. The van der Waals surface area contributed by atoms with Gasteiger partial charge < -0.3 is 10.1 Å². The molecule has 1 aliphatic rings. The van der Waals surface area contributed by atoms with Crippen molar-refractivity contribution in [1.82, 2.24) is 9.69 Å². The fourth-order valence-electron chi connectivity index (χ4n) is 2.62. The van der Waals surface area contributed by atoms with Crippen LogP contribution >= 0.6 is 11.5 Å². The van der Waals surface area contributed by atoms with E-state index < -0.39 is 0 Å². The molecule has 22 heavy (non-hydrogen) atoms. The molecular formula is C16H15N3O2S. The van der Waals surface area contributed by atoms with E-state index in [0.717, 1.165) is 36.4 Å². The number of aromatic nitrogens is 1. The van der Waals surface area contributed by atoms with Crippen molar-refractivity contribution in [2.75, 3.05) is 7.11 Å². The second-order valence-corrected chi connectivity index (χ2v) is 6.12. The second kappa shape index (κ2) is 5.78. The highest BCUT2D eigenvalue weighted by Gasteiger charge is 2.40. The lowest BCUT2D eigenvalue weighted by Crippen LogP contribution is -2.50. The number of hydrogen-bond donors (Lipinski definition) is 1. The summed E-state index contributed by atoms with van der Waals surface area (Å²) in [4.78, 5) is 13.0. The Labute approximate surface area is 132 Å². The molecule has 0 aliphatic heterocycles. The summed E-state index contributed by atoms with van der Waals surface area (Å²) in [6.45, 7) is 0. The summed E-state index contributed by atoms with van der Waals surface area (Å²) in [5.41, 5.74) is 1.33. The normalized spacial score (nSPS) is 15.5. The third-order valence-electron chi connectivity index (χ3n) is 4.05. The number of nitrogens with zero attached hydrogens (tertiary/aromatic N) is 2. The highest BCUT2D eigenvalue weighted by molar-refractivity contribution is 7.08. The molecule has 3 rings (SSSR count). The third-order valence-corrected chi connectivity index (χ3v) is 4.82. The molecule has 1 fully saturated rings. The van der Waals surface area contributed by atoms with E-state index in [1.165, 1.54) is 7.11 Å². The average molecular weight is 313 g/mol. The van der Waals surface area contributed by atoms with Crippen LogP contribution in [0.15, 0.2) is 30.3 Å². The van der Waals surface area contributed by atoms with Gasteiger partial charge in [-0.15, -0.1) is 0 Å². The van der Waals surface area contributed by atoms with Gasteiger partial charge in [0, 0.05) is 6.07 Å². The van der Waals surface area contributed by atoms with Gasteiger partial charge in [0.05, 0.1) is 24.3 Å². The standard InChI is InChI=1S/C16H15N3O2S/c1-21-14-9-13(22-19-14)15(20)18-16(7-2-8-16)12-5-3-11(10-17)4-6-12/h3-6,9H,2,7-8H2,1H3,(H,18,20). The maximum Gasteiger partial charge on any atom is 0.263 e. The van der Waals surface area contributed by atoms with Crippen LogP contribution in [0.5, 0.6) is 5.88 Å². The van der Waals surface area contributed by atoms with Gasteiger partial charge in [-0.3, -0.25) is 4.79 Å². The number of rotatable bonds is 4. The summed E-state index contributed by atoms with van der Waals surface area (Å²) in [6.07, 6.45) is 2.88. The van der Waals surface area contributed by atoms with Crippen molar-refractivity contribution < 1.29 is 9.53 Å². The van der Waals surface area contributed by atoms with Gasteiger partial charge in [-0.25, -0.2) is 0 Å². The molecule has 0 radical (unpaired) electrons. The number of ether oxygens (including phenoxy) is 1. The van der Waals surface area contributed by atoms with E-state index in [0.29, 0.717) is 16.3 Å². The Hall–Kier alpha value is -2.39. The molecule has 0 saturated heterocycles. The van der Waals surface area contributed by atoms with Crippen molar-refractivity contribution in [1.29, 1.82) is 5.26 Å². The maximum atomic E-state index is 12.4. The third kappa shape index (κ3) is 2.55. The fourth-order valence-corrected chi connectivity index (χ4v) is 3.22. The van der Waals surface area contributed by atoms with Crippen LogP contribution in [-0.2, 0) is 5.54 Å². The summed E-state index contributed by atoms with van der Waals surface area (Å²) in [5.74, 6) is 0.320. The molecule has 112 valence electrons. The molecule has 1 aromatic carbocycles. The molecule has 1 N–H and O–H groups in total. The van der Waals surface area contributed by atoms with E-state index in [1.54, 1.807) is 18.2 Å². The van der Waals surface area contributed by atoms with E-state index >= 15 is 0 Å².